The average molecular weight is 382 g/mol. The zero-order valence-corrected chi connectivity index (χ0v) is 16.1. The number of carbonyl (C=O) groups excluding carboxylic acids is 1. The van der Waals surface area contributed by atoms with Gasteiger partial charge >= 0.3 is 0 Å². The number of likely N-dealkylation sites (tertiary alicyclic amines) is 1. The Balaban J connectivity index is 1.80. The van der Waals surface area contributed by atoms with Crippen LogP contribution in [0.1, 0.15) is 36.8 Å². The summed E-state index contributed by atoms with van der Waals surface area (Å²) in [7, 11) is 0. The third-order valence-electron chi connectivity index (χ3n) is 4.63. The number of nitrogens with one attached hydrogen (secondary N) is 1. The molecule has 7 heteroatoms. The smallest absolute Gasteiger partial charge is 0.270 e. The van der Waals surface area contributed by atoms with Crippen LogP contribution < -0.4 is 5.56 Å². The Morgan fingerprint density at radius 1 is 1.22 bits per heavy atom. The van der Waals surface area contributed by atoms with E-state index >= 15 is 0 Å². The number of aromatic nitrogens is 2. The van der Waals surface area contributed by atoms with Gasteiger partial charge in [-0.3, -0.25) is 9.59 Å². The molecule has 2 heterocycles. The summed E-state index contributed by atoms with van der Waals surface area (Å²) in [5, 5.41) is 9.70. The minimum Gasteiger partial charge on any atom is -0.342 e. The highest BCUT2D eigenvalue weighted by Gasteiger charge is 2.18. The van der Waals surface area contributed by atoms with Crippen molar-refractivity contribution in [1.29, 1.82) is 5.26 Å². The molecule has 3 rings (SSSR count). The van der Waals surface area contributed by atoms with E-state index in [2.05, 4.69) is 9.97 Å². The second kappa shape index (κ2) is 8.87. The number of aryl methyl sites for hydroxylation is 1. The number of carbonyl (C=O) groups is 1. The minimum atomic E-state index is -0.479. The van der Waals surface area contributed by atoms with Crippen molar-refractivity contribution in [2.75, 3.05) is 18.8 Å². The summed E-state index contributed by atoms with van der Waals surface area (Å²) in [5.41, 5.74) is 1.66. The number of aromatic amines is 1. The lowest BCUT2D eigenvalue weighted by Crippen LogP contribution is -2.33. The Hall–Kier alpha value is -2.59. The highest BCUT2D eigenvalue weighted by molar-refractivity contribution is 7.99. The Morgan fingerprint density at radius 2 is 1.89 bits per heavy atom. The number of hydrogen-bond donors (Lipinski definition) is 1. The van der Waals surface area contributed by atoms with Crippen molar-refractivity contribution in [3.63, 3.8) is 0 Å². The number of benzene rings is 1. The van der Waals surface area contributed by atoms with Gasteiger partial charge in [0.2, 0.25) is 5.91 Å². The van der Waals surface area contributed by atoms with Crippen LogP contribution in [0.2, 0.25) is 0 Å². The third kappa shape index (κ3) is 4.77. The fraction of sp³-hybridized carbons (Fsp3) is 0.400. The topological polar surface area (TPSA) is 89.8 Å². The molecule has 2 aromatic rings. The summed E-state index contributed by atoms with van der Waals surface area (Å²) >= 11 is 1.21. The summed E-state index contributed by atoms with van der Waals surface area (Å²) in [6.45, 7) is 3.56. The van der Waals surface area contributed by atoms with E-state index in [-0.39, 0.29) is 17.2 Å². The van der Waals surface area contributed by atoms with Crippen LogP contribution in [0.5, 0.6) is 0 Å². The van der Waals surface area contributed by atoms with Gasteiger partial charge in [-0.05, 0) is 19.8 Å². The van der Waals surface area contributed by atoms with Crippen molar-refractivity contribution < 1.29 is 4.79 Å². The Morgan fingerprint density at radius 3 is 2.52 bits per heavy atom. The predicted molar refractivity (Wildman–Crippen MR) is 106 cm³/mol. The van der Waals surface area contributed by atoms with Crippen LogP contribution in [-0.2, 0) is 4.79 Å². The van der Waals surface area contributed by atoms with Gasteiger partial charge < -0.3 is 9.88 Å². The molecule has 0 aliphatic carbocycles. The van der Waals surface area contributed by atoms with Gasteiger partial charge in [0.1, 0.15) is 11.6 Å². The van der Waals surface area contributed by atoms with Gasteiger partial charge in [-0.2, -0.15) is 5.26 Å². The lowest BCUT2D eigenvalue weighted by Gasteiger charge is -2.19. The molecular formula is C20H22N4O2S. The van der Waals surface area contributed by atoms with Gasteiger partial charge in [0.25, 0.3) is 5.56 Å². The van der Waals surface area contributed by atoms with Crippen molar-refractivity contribution in [1.82, 2.24) is 14.9 Å². The molecule has 1 saturated heterocycles. The van der Waals surface area contributed by atoms with Crippen molar-refractivity contribution in [2.45, 2.75) is 37.8 Å². The number of nitrogens with zero attached hydrogens (tertiary/aromatic N) is 3. The molecule has 0 atom stereocenters. The molecule has 0 radical (unpaired) electrons. The second-order valence-corrected chi connectivity index (χ2v) is 7.62. The minimum absolute atomic E-state index is 0.0120. The Kier molecular flexibility index (Phi) is 6.30. The maximum absolute atomic E-state index is 12.5. The lowest BCUT2D eigenvalue weighted by molar-refractivity contribution is -0.128. The van der Waals surface area contributed by atoms with Crippen molar-refractivity contribution in [3.05, 3.63) is 45.7 Å². The second-order valence-electron chi connectivity index (χ2n) is 6.66. The van der Waals surface area contributed by atoms with Crippen LogP contribution in [-0.4, -0.2) is 39.6 Å². The number of amides is 1. The molecule has 0 spiro atoms. The van der Waals surface area contributed by atoms with Crippen molar-refractivity contribution in [3.8, 4) is 17.3 Å². The van der Waals surface area contributed by atoms with Gasteiger partial charge in [-0.25, -0.2) is 4.98 Å². The molecular weight excluding hydrogens is 360 g/mol. The van der Waals surface area contributed by atoms with E-state index in [0.717, 1.165) is 31.5 Å². The number of H-pyrrole nitrogens is 1. The van der Waals surface area contributed by atoms with Crippen LogP contribution in [0.3, 0.4) is 0 Å². The molecule has 1 fully saturated rings. The number of thioether (sulfide) groups is 1. The number of rotatable bonds is 4. The fourth-order valence-corrected chi connectivity index (χ4v) is 3.85. The molecule has 0 bridgehead atoms. The lowest BCUT2D eigenvalue weighted by atomic mass is 10.1. The summed E-state index contributed by atoms with van der Waals surface area (Å²) < 4.78 is 0. The molecule has 1 aliphatic rings. The average Bonchev–Trinajstić information content (AvgIpc) is 2.96. The molecule has 1 aliphatic heterocycles. The zero-order chi connectivity index (χ0) is 19.2. The van der Waals surface area contributed by atoms with Gasteiger partial charge in [-0.1, -0.05) is 54.4 Å². The molecule has 6 nitrogen and oxygen atoms in total. The standard InChI is InChI=1S/C20H22N4O2S/c1-14-6-8-15(9-7-14)18-16(12-21)19(26)23-20(22-18)27-13-17(25)24-10-4-2-3-5-11-24/h6-9H,2-5,10-11,13H2,1H3,(H,22,23,26). The largest absolute Gasteiger partial charge is 0.342 e. The number of hydrogen-bond acceptors (Lipinski definition) is 5. The maximum Gasteiger partial charge on any atom is 0.270 e. The van der Waals surface area contributed by atoms with Crippen LogP contribution >= 0.6 is 11.8 Å². The first-order valence-corrected chi connectivity index (χ1v) is 10.1. The van der Waals surface area contributed by atoms with E-state index < -0.39 is 5.56 Å². The number of nitriles is 1. The van der Waals surface area contributed by atoms with E-state index in [1.165, 1.54) is 24.6 Å². The van der Waals surface area contributed by atoms with Crippen LogP contribution in [0.25, 0.3) is 11.3 Å². The van der Waals surface area contributed by atoms with Crippen LogP contribution in [0, 0.1) is 18.3 Å². The van der Waals surface area contributed by atoms with E-state index in [0.29, 0.717) is 16.4 Å². The quantitative estimate of drug-likeness (QED) is 0.648. The molecule has 0 unspecified atom stereocenters. The van der Waals surface area contributed by atoms with E-state index in [1.807, 2.05) is 42.2 Å². The highest BCUT2D eigenvalue weighted by atomic mass is 32.2. The summed E-state index contributed by atoms with van der Waals surface area (Å²) in [6, 6.07) is 9.44. The fourth-order valence-electron chi connectivity index (χ4n) is 3.09. The van der Waals surface area contributed by atoms with E-state index in [4.69, 9.17) is 0 Å². The van der Waals surface area contributed by atoms with Gasteiger partial charge in [0.15, 0.2) is 5.16 Å². The highest BCUT2D eigenvalue weighted by Crippen LogP contribution is 2.23. The molecule has 1 aromatic carbocycles. The molecule has 1 aromatic heterocycles. The van der Waals surface area contributed by atoms with Crippen LogP contribution in [0.15, 0.2) is 34.2 Å². The zero-order valence-electron chi connectivity index (χ0n) is 15.3. The Bertz CT molecular complexity index is 907. The molecule has 140 valence electrons. The van der Waals surface area contributed by atoms with Crippen LogP contribution in [0.4, 0.5) is 0 Å². The van der Waals surface area contributed by atoms with Crippen molar-refractivity contribution >= 4 is 17.7 Å². The first-order valence-electron chi connectivity index (χ1n) is 9.10. The molecule has 1 amide bonds. The van der Waals surface area contributed by atoms with Gasteiger partial charge in [0, 0.05) is 18.7 Å². The van der Waals surface area contributed by atoms with E-state index in [9.17, 15) is 14.9 Å². The summed E-state index contributed by atoms with van der Waals surface area (Å²) in [5.74, 6) is 0.285. The molecule has 1 N–H and O–H groups in total. The first kappa shape index (κ1) is 19.2. The monoisotopic (exact) mass is 382 g/mol. The van der Waals surface area contributed by atoms with Gasteiger partial charge in [-0.15, -0.1) is 0 Å². The third-order valence-corrected chi connectivity index (χ3v) is 5.48. The first-order chi connectivity index (χ1) is 13.1. The predicted octanol–water partition coefficient (Wildman–Crippen LogP) is 3.11. The summed E-state index contributed by atoms with van der Waals surface area (Å²) in [4.78, 5) is 33.7. The van der Waals surface area contributed by atoms with Crippen molar-refractivity contribution in [2.24, 2.45) is 0 Å². The Labute approximate surface area is 162 Å². The summed E-state index contributed by atoms with van der Waals surface area (Å²) in [6.07, 6.45) is 4.42. The van der Waals surface area contributed by atoms with Gasteiger partial charge in [0.05, 0.1) is 11.4 Å². The SMILES string of the molecule is Cc1ccc(-c2nc(SCC(=O)N3CCCCCC3)[nH]c(=O)c2C#N)cc1. The normalized spacial score (nSPS) is 14.4. The maximum atomic E-state index is 12.5. The molecule has 0 saturated carbocycles. The molecule has 27 heavy (non-hydrogen) atoms. The van der Waals surface area contributed by atoms with E-state index in [1.54, 1.807) is 0 Å².